The van der Waals surface area contributed by atoms with Crippen LogP contribution in [0.2, 0.25) is 0 Å². The Bertz CT molecular complexity index is 915. The number of fused-ring (bicyclic) bond motifs is 4. The molecule has 0 unspecified atom stereocenters. The summed E-state index contributed by atoms with van der Waals surface area (Å²) in [6.07, 6.45) is 6.90. The summed E-state index contributed by atoms with van der Waals surface area (Å²) in [6.45, 7) is 19.9. The van der Waals surface area contributed by atoms with Crippen LogP contribution in [0.3, 0.4) is 0 Å². The molecule has 2 fully saturated rings. The summed E-state index contributed by atoms with van der Waals surface area (Å²) in [5, 5.41) is 32.8. The highest BCUT2D eigenvalue weighted by atomic mass is 16.4. The summed E-state index contributed by atoms with van der Waals surface area (Å²) in [7, 11) is 0. The van der Waals surface area contributed by atoms with Crippen molar-refractivity contribution in [3.8, 4) is 0 Å². The average Bonchev–Trinajstić information content (AvgIpc) is 2.98. The van der Waals surface area contributed by atoms with Crippen LogP contribution in [0.5, 0.6) is 0 Å². The van der Waals surface area contributed by atoms with Gasteiger partial charge in [0, 0.05) is 5.41 Å². The first kappa shape index (κ1) is 26.9. The number of hydrogen-bond acceptors (Lipinski definition) is 3. The maximum Gasteiger partial charge on any atom is 0.306 e. The smallest absolute Gasteiger partial charge is 0.306 e. The summed E-state index contributed by atoms with van der Waals surface area (Å²) in [5.41, 5.74) is 3.40. The van der Waals surface area contributed by atoms with Gasteiger partial charge in [-0.1, -0.05) is 71.8 Å². The fourth-order valence-corrected chi connectivity index (χ4v) is 9.49. The van der Waals surface area contributed by atoms with E-state index in [1.807, 2.05) is 0 Å². The molecule has 35 heavy (non-hydrogen) atoms. The van der Waals surface area contributed by atoms with Crippen molar-refractivity contribution >= 4 is 5.97 Å². The maximum atomic E-state index is 12.6. The van der Waals surface area contributed by atoms with E-state index in [-0.39, 0.29) is 33.7 Å². The fraction of sp³-hybridized carbons (Fsp3) is 0.839. The number of carbonyl (C=O) groups is 1. The largest absolute Gasteiger partial charge is 0.481 e. The van der Waals surface area contributed by atoms with E-state index in [1.165, 1.54) is 11.1 Å². The predicted molar refractivity (Wildman–Crippen MR) is 141 cm³/mol. The van der Waals surface area contributed by atoms with E-state index in [2.05, 4.69) is 55.0 Å². The molecular formula is C31H50O4. The molecule has 2 saturated carbocycles. The van der Waals surface area contributed by atoms with Gasteiger partial charge in [0.25, 0.3) is 0 Å². The van der Waals surface area contributed by atoms with E-state index in [4.69, 9.17) is 0 Å². The highest BCUT2D eigenvalue weighted by Crippen LogP contribution is 2.72. The van der Waals surface area contributed by atoms with Crippen LogP contribution in [-0.4, -0.2) is 33.5 Å². The number of allylic oxidation sites excluding steroid dienone is 2. The third kappa shape index (κ3) is 3.71. The second-order valence-electron chi connectivity index (χ2n) is 14.1. The van der Waals surface area contributed by atoms with Gasteiger partial charge in [-0.25, -0.2) is 0 Å². The lowest BCUT2D eigenvalue weighted by Gasteiger charge is -2.62. The van der Waals surface area contributed by atoms with Gasteiger partial charge in [0.1, 0.15) is 0 Å². The van der Waals surface area contributed by atoms with E-state index in [0.717, 1.165) is 50.5 Å². The molecule has 4 nitrogen and oxygen atoms in total. The minimum atomic E-state index is -0.720. The molecule has 0 bridgehead atoms. The van der Waals surface area contributed by atoms with Gasteiger partial charge in [-0.05, 0) is 91.8 Å². The summed E-state index contributed by atoms with van der Waals surface area (Å²) in [6, 6.07) is 0. The lowest BCUT2D eigenvalue weighted by molar-refractivity contribution is -0.147. The normalized spacial score (nSPS) is 43.4. The van der Waals surface area contributed by atoms with Gasteiger partial charge in [-0.15, -0.1) is 0 Å². The second kappa shape index (κ2) is 8.72. The van der Waals surface area contributed by atoms with Crippen molar-refractivity contribution in [2.75, 3.05) is 0 Å². The van der Waals surface area contributed by atoms with Gasteiger partial charge in [0.2, 0.25) is 0 Å². The minimum Gasteiger partial charge on any atom is -0.481 e. The number of carboxylic acid groups (broad SMARTS) is 1. The monoisotopic (exact) mass is 486 g/mol. The molecule has 4 aliphatic carbocycles. The highest BCUT2D eigenvalue weighted by molar-refractivity contribution is 5.71. The predicted octanol–water partition coefficient (Wildman–Crippen LogP) is 6.76. The van der Waals surface area contributed by atoms with Crippen molar-refractivity contribution in [3.63, 3.8) is 0 Å². The Kier molecular flexibility index (Phi) is 6.71. The van der Waals surface area contributed by atoms with Crippen molar-refractivity contribution in [2.45, 2.75) is 118 Å². The van der Waals surface area contributed by atoms with Crippen molar-refractivity contribution in [1.29, 1.82) is 0 Å². The molecule has 0 aromatic rings. The van der Waals surface area contributed by atoms with Crippen LogP contribution in [0, 0.1) is 45.3 Å². The molecule has 198 valence electrons. The number of hydrogen-bond donors (Lipinski definition) is 3. The summed E-state index contributed by atoms with van der Waals surface area (Å²) in [5.74, 6) is -0.415. The van der Waals surface area contributed by atoms with Crippen LogP contribution < -0.4 is 0 Å². The van der Waals surface area contributed by atoms with Crippen LogP contribution in [0.1, 0.15) is 106 Å². The summed E-state index contributed by atoms with van der Waals surface area (Å²) in [4.78, 5) is 12.6. The SMILES string of the molecule is C=C(CC[C@@H](C(=O)O)[C@H]1C[C@H](O)[C@@]2(C)C3=C(CC[C@]12C)[C@@]1(C)CC[C@H](O)C(C)(C)[C@@H]1CC3)C(C)C. The molecular weight excluding hydrogens is 436 g/mol. The average molecular weight is 487 g/mol. The Labute approximate surface area is 213 Å². The van der Waals surface area contributed by atoms with Gasteiger partial charge in [0.15, 0.2) is 0 Å². The summed E-state index contributed by atoms with van der Waals surface area (Å²) < 4.78 is 0. The zero-order valence-electron chi connectivity index (χ0n) is 23.3. The third-order valence-electron chi connectivity index (χ3n) is 12.3. The van der Waals surface area contributed by atoms with E-state index >= 15 is 0 Å². The quantitative estimate of drug-likeness (QED) is 0.362. The third-order valence-corrected chi connectivity index (χ3v) is 12.3. The van der Waals surface area contributed by atoms with Crippen molar-refractivity contribution in [3.05, 3.63) is 23.3 Å². The van der Waals surface area contributed by atoms with Crippen molar-refractivity contribution in [2.24, 2.45) is 45.3 Å². The molecule has 0 aliphatic heterocycles. The first-order valence-corrected chi connectivity index (χ1v) is 14.1. The van der Waals surface area contributed by atoms with E-state index in [9.17, 15) is 20.1 Å². The lowest BCUT2D eigenvalue weighted by Crippen LogP contribution is -2.56. The molecule has 0 heterocycles. The lowest BCUT2D eigenvalue weighted by atomic mass is 9.43. The molecule has 3 N–H and O–H groups in total. The van der Waals surface area contributed by atoms with Crippen LogP contribution in [-0.2, 0) is 4.79 Å². The van der Waals surface area contributed by atoms with Crippen molar-refractivity contribution in [1.82, 2.24) is 0 Å². The minimum absolute atomic E-state index is 0.0378. The van der Waals surface area contributed by atoms with Crippen LogP contribution in [0.15, 0.2) is 23.3 Å². The molecule has 0 saturated heterocycles. The van der Waals surface area contributed by atoms with Crippen LogP contribution in [0.25, 0.3) is 0 Å². The van der Waals surface area contributed by atoms with Gasteiger partial charge in [0.05, 0.1) is 18.1 Å². The van der Waals surface area contributed by atoms with E-state index in [1.54, 1.807) is 0 Å². The molecule has 0 spiro atoms. The van der Waals surface area contributed by atoms with Gasteiger partial charge >= 0.3 is 5.97 Å². The Morgan fingerprint density at radius 3 is 2.26 bits per heavy atom. The fourth-order valence-electron chi connectivity index (χ4n) is 9.49. The highest BCUT2D eigenvalue weighted by Gasteiger charge is 2.67. The molecule has 8 atom stereocenters. The zero-order chi connectivity index (χ0) is 26.1. The molecule has 4 heteroatoms. The summed E-state index contributed by atoms with van der Waals surface area (Å²) >= 11 is 0. The first-order valence-electron chi connectivity index (χ1n) is 14.1. The number of rotatable bonds is 6. The first-order chi connectivity index (χ1) is 16.1. The Balaban J connectivity index is 1.72. The Morgan fingerprint density at radius 1 is 1.00 bits per heavy atom. The van der Waals surface area contributed by atoms with Crippen LogP contribution >= 0.6 is 0 Å². The molecule has 4 aliphatic rings. The standard InChI is InChI=1S/C31H50O4/c1-18(2)19(3)9-10-20(27(34)35)23-17-26(33)31(8)22-11-12-24-28(4,5)25(32)14-15-29(24,6)21(22)13-16-30(23,31)7/h18,20,23-26,32-33H,3,9-17H2,1-2,4-8H3,(H,34,35)/t20-,23-,24+,25+,26+,29-,30-,31-/m1/s1. The Morgan fingerprint density at radius 2 is 1.66 bits per heavy atom. The van der Waals surface area contributed by atoms with Gasteiger partial charge < -0.3 is 15.3 Å². The van der Waals surface area contributed by atoms with Crippen LogP contribution in [0.4, 0.5) is 0 Å². The number of aliphatic carboxylic acids is 1. The molecule has 0 radical (unpaired) electrons. The maximum absolute atomic E-state index is 12.6. The zero-order valence-corrected chi connectivity index (χ0v) is 23.3. The number of carboxylic acids is 1. The second-order valence-corrected chi connectivity index (χ2v) is 14.1. The van der Waals surface area contributed by atoms with Gasteiger partial charge in [-0.3, -0.25) is 4.79 Å². The molecule has 0 amide bonds. The molecule has 0 aromatic carbocycles. The van der Waals surface area contributed by atoms with Gasteiger partial charge in [-0.2, -0.15) is 0 Å². The van der Waals surface area contributed by atoms with Crippen molar-refractivity contribution < 1.29 is 20.1 Å². The molecule has 4 rings (SSSR count). The van der Waals surface area contributed by atoms with E-state index < -0.39 is 18.0 Å². The Hall–Kier alpha value is -1.13. The number of aliphatic hydroxyl groups is 2. The topological polar surface area (TPSA) is 77.8 Å². The van der Waals surface area contributed by atoms with E-state index in [0.29, 0.717) is 24.7 Å². The number of aliphatic hydroxyl groups excluding tert-OH is 2. The molecule has 0 aromatic heterocycles.